The Morgan fingerprint density at radius 3 is 2.22 bits per heavy atom. The second-order valence-electron chi connectivity index (χ2n) is 5.17. The summed E-state index contributed by atoms with van der Waals surface area (Å²) in [6.45, 7) is 2.05. The molecule has 0 aromatic heterocycles. The number of nitrogens with one attached hydrogen (secondary N) is 1. The van der Waals surface area contributed by atoms with Gasteiger partial charge in [-0.3, -0.25) is 4.79 Å². The summed E-state index contributed by atoms with van der Waals surface area (Å²) < 4.78 is 0. The number of carboxylic acids is 1. The molecule has 0 aromatic rings. The molecule has 0 aromatic carbocycles. The van der Waals surface area contributed by atoms with Crippen LogP contribution in [0.25, 0.3) is 0 Å². The number of rotatable bonds is 5. The van der Waals surface area contributed by atoms with Crippen LogP contribution in [0.3, 0.4) is 0 Å². The zero-order valence-corrected chi connectivity index (χ0v) is 11.1. The highest BCUT2D eigenvalue weighted by Gasteiger charge is 2.38. The van der Waals surface area contributed by atoms with Crippen LogP contribution in [0.1, 0.15) is 51.9 Å². The first-order valence-electron chi connectivity index (χ1n) is 6.79. The quantitative estimate of drug-likeness (QED) is 0.646. The lowest BCUT2D eigenvalue weighted by molar-refractivity contribution is -0.144. The molecular formula is C13H24N2O3. The first kappa shape index (κ1) is 15.0. The van der Waals surface area contributed by atoms with Gasteiger partial charge in [-0.25, -0.2) is 4.79 Å². The van der Waals surface area contributed by atoms with Crippen molar-refractivity contribution in [3.8, 4) is 0 Å². The summed E-state index contributed by atoms with van der Waals surface area (Å²) in [4.78, 5) is 23.3. The lowest BCUT2D eigenvalue weighted by atomic mass is 9.79. The Hall–Kier alpha value is -1.10. The summed E-state index contributed by atoms with van der Waals surface area (Å²) in [7, 11) is 0. The van der Waals surface area contributed by atoms with Crippen molar-refractivity contribution in [2.24, 2.45) is 11.1 Å². The van der Waals surface area contributed by atoms with E-state index in [0.717, 1.165) is 38.5 Å². The molecular weight excluding hydrogens is 232 g/mol. The molecule has 1 saturated carbocycles. The largest absolute Gasteiger partial charge is 0.480 e. The van der Waals surface area contributed by atoms with Gasteiger partial charge in [-0.2, -0.15) is 0 Å². The van der Waals surface area contributed by atoms with Crippen molar-refractivity contribution in [2.75, 3.05) is 6.54 Å². The normalized spacial score (nSPS) is 20.8. The van der Waals surface area contributed by atoms with E-state index in [1.165, 1.54) is 0 Å². The van der Waals surface area contributed by atoms with Crippen LogP contribution in [0.4, 0.5) is 0 Å². The summed E-state index contributed by atoms with van der Waals surface area (Å²) in [6, 6.07) is -0.802. The topological polar surface area (TPSA) is 92.4 Å². The van der Waals surface area contributed by atoms with Crippen molar-refractivity contribution in [2.45, 2.75) is 57.9 Å². The molecule has 0 saturated heterocycles. The van der Waals surface area contributed by atoms with Gasteiger partial charge in [0.15, 0.2) is 0 Å². The molecule has 0 bridgehead atoms. The number of amides is 1. The summed E-state index contributed by atoms with van der Waals surface area (Å²) in [5, 5.41) is 11.6. The molecule has 4 N–H and O–H groups in total. The Labute approximate surface area is 108 Å². The van der Waals surface area contributed by atoms with Gasteiger partial charge >= 0.3 is 5.97 Å². The second kappa shape index (κ2) is 6.73. The van der Waals surface area contributed by atoms with E-state index >= 15 is 0 Å². The molecule has 1 aliphatic rings. The molecule has 5 nitrogen and oxygen atoms in total. The second-order valence-corrected chi connectivity index (χ2v) is 5.17. The van der Waals surface area contributed by atoms with Gasteiger partial charge in [-0.15, -0.1) is 0 Å². The molecule has 5 heteroatoms. The van der Waals surface area contributed by atoms with Crippen molar-refractivity contribution in [1.29, 1.82) is 0 Å². The van der Waals surface area contributed by atoms with Crippen LogP contribution < -0.4 is 11.1 Å². The molecule has 1 amide bonds. The fourth-order valence-electron chi connectivity index (χ4n) is 2.58. The third-order valence-electron chi connectivity index (χ3n) is 3.94. The highest BCUT2D eigenvalue weighted by molar-refractivity contribution is 5.87. The third kappa shape index (κ3) is 3.45. The SMILES string of the molecule is CC[C@@H](NC(=O)C1(CN)CCCCCC1)C(=O)O. The molecule has 0 radical (unpaired) electrons. The zero-order chi connectivity index (χ0) is 13.6. The minimum Gasteiger partial charge on any atom is -0.480 e. The standard InChI is InChI=1S/C13H24N2O3/c1-2-10(11(16)17)15-12(18)13(9-14)7-5-3-4-6-8-13/h10H,2-9,14H2,1H3,(H,15,18)(H,16,17)/t10-/m1/s1. The molecule has 0 heterocycles. The Bertz CT molecular complexity index is 297. The number of nitrogens with two attached hydrogens (primary N) is 1. The monoisotopic (exact) mass is 256 g/mol. The number of hydrogen-bond donors (Lipinski definition) is 3. The lowest BCUT2D eigenvalue weighted by Crippen LogP contribution is -2.51. The summed E-state index contributed by atoms with van der Waals surface area (Å²) in [5.74, 6) is -1.16. The fourth-order valence-corrected chi connectivity index (χ4v) is 2.58. The van der Waals surface area contributed by atoms with E-state index in [-0.39, 0.29) is 5.91 Å². The van der Waals surface area contributed by atoms with E-state index in [2.05, 4.69) is 5.32 Å². The van der Waals surface area contributed by atoms with Crippen molar-refractivity contribution in [3.63, 3.8) is 0 Å². The minimum absolute atomic E-state index is 0.179. The number of carbonyl (C=O) groups excluding carboxylic acids is 1. The van der Waals surface area contributed by atoms with Gasteiger partial charge in [-0.1, -0.05) is 32.6 Å². The van der Waals surface area contributed by atoms with E-state index in [4.69, 9.17) is 10.8 Å². The van der Waals surface area contributed by atoms with Gasteiger partial charge in [0.2, 0.25) is 5.91 Å². The van der Waals surface area contributed by atoms with Crippen LogP contribution in [-0.4, -0.2) is 29.6 Å². The maximum absolute atomic E-state index is 12.3. The predicted octanol–water partition coefficient (Wildman–Crippen LogP) is 1.27. The van der Waals surface area contributed by atoms with Crippen molar-refractivity contribution < 1.29 is 14.7 Å². The molecule has 1 atom stereocenters. The van der Waals surface area contributed by atoms with Gasteiger partial charge in [-0.05, 0) is 19.3 Å². The van der Waals surface area contributed by atoms with Gasteiger partial charge in [0.1, 0.15) is 6.04 Å². The van der Waals surface area contributed by atoms with Gasteiger partial charge in [0.25, 0.3) is 0 Å². The van der Waals surface area contributed by atoms with Crippen LogP contribution in [0.15, 0.2) is 0 Å². The van der Waals surface area contributed by atoms with Crippen LogP contribution in [0.2, 0.25) is 0 Å². The zero-order valence-electron chi connectivity index (χ0n) is 11.1. The summed E-state index contributed by atoms with van der Waals surface area (Å²) in [6.07, 6.45) is 6.18. The number of hydrogen-bond acceptors (Lipinski definition) is 3. The maximum Gasteiger partial charge on any atom is 0.326 e. The molecule has 0 unspecified atom stereocenters. The average molecular weight is 256 g/mol. The molecule has 18 heavy (non-hydrogen) atoms. The Morgan fingerprint density at radius 1 is 1.28 bits per heavy atom. The van der Waals surface area contributed by atoms with Crippen LogP contribution in [0.5, 0.6) is 0 Å². The molecule has 0 aliphatic heterocycles. The predicted molar refractivity (Wildman–Crippen MR) is 69.0 cm³/mol. The molecule has 1 fully saturated rings. The molecule has 1 rings (SSSR count). The van der Waals surface area contributed by atoms with Crippen molar-refractivity contribution >= 4 is 11.9 Å². The van der Waals surface area contributed by atoms with Crippen LogP contribution in [0, 0.1) is 5.41 Å². The fraction of sp³-hybridized carbons (Fsp3) is 0.846. The number of carbonyl (C=O) groups is 2. The smallest absolute Gasteiger partial charge is 0.326 e. The highest BCUT2D eigenvalue weighted by Crippen LogP contribution is 2.34. The van der Waals surface area contributed by atoms with Crippen molar-refractivity contribution in [1.82, 2.24) is 5.32 Å². The van der Waals surface area contributed by atoms with Crippen LogP contribution >= 0.6 is 0 Å². The maximum atomic E-state index is 12.3. The van der Waals surface area contributed by atoms with E-state index in [9.17, 15) is 9.59 Å². The van der Waals surface area contributed by atoms with Gasteiger partial charge in [0, 0.05) is 6.54 Å². The number of carboxylic acid groups (broad SMARTS) is 1. The lowest BCUT2D eigenvalue weighted by Gasteiger charge is -2.31. The average Bonchev–Trinajstić information content (AvgIpc) is 2.61. The van der Waals surface area contributed by atoms with Gasteiger partial charge < -0.3 is 16.2 Å². The molecule has 104 valence electrons. The minimum atomic E-state index is -0.980. The number of aliphatic carboxylic acids is 1. The van der Waals surface area contributed by atoms with E-state index in [1.807, 2.05) is 0 Å². The van der Waals surface area contributed by atoms with Gasteiger partial charge in [0.05, 0.1) is 5.41 Å². The Kier molecular flexibility index (Phi) is 5.59. The molecule has 1 aliphatic carbocycles. The summed E-state index contributed by atoms with van der Waals surface area (Å²) >= 11 is 0. The highest BCUT2D eigenvalue weighted by atomic mass is 16.4. The van der Waals surface area contributed by atoms with Crippen LogP contribution in [-0.2, 0) is 9.59 Å². The Balaban J connectivity index is 2.74. The summed E-state index contributed by atoms with van der Waals surface area (Å²) in [5.41, 5.74) is 5.24. The van der Waals surface area contributed by atoms with E-state index in [1.54, 1.807) is 6.92 Å². The van der Waals surface area contributed by atoms with E-state index < -0.39 is 17.4 Å². The van der Waals surface area contributed by atoms with Crippen molar-refractivity contribution in [3.05, 3.63) is 0 Å². The van der Waals surface area contributed by atoms with E-state index in [0.29, 0.717) is 13.0 Å². The Morgan fingerprint density at radius 2 is 1.83 bits per heavy atom. The first-order valence-corrected chi connectivity index (χ1v) is 6.79. The first-order chi connectivity index (χ1) is 8.55. The molecule has 0 spiro atoms. The third-order valence-corrected chi connectivity index (χ3v) is 3.94.